The van der Waals surface area contributed by atoms with Gasteiger partial charge in [-0.3, -0.25) is 4.79 Å². The number of rotatable bonds is 5. The highest BCUT2D eigenvalue weighted by Gasteiger charge is 2.29. The van der Waals surface area contributed by atoms with Gasteiger partial charge in [0.15, 0.2) is 0 Å². The molecule has 0 aromatic heterocycles. The normalized spacial score (nSPS) is 18.8. The van der Waals surface area contributed by atoms with Crippen LogP contribution >= 0.6 is 11.8 Å². The van der Waals surface area contributed by atoms with Crippen LogP contribution in [0.4, 0.5) is 0 Å². The van der Waals surface area contributed by atoms with Crippen LogP contribution in [0.25, 0.3) is 0 Å². The molecule has 1 aromatic carbocycles. The first-order valence-electron chi connectivity index (χ1n) is 7.28. The molecule has 1 aromatic rings. The van der Waals surface area contributed by atoms with E-state index in [0.717, 1.165) is 37.2 Å². The first-order valence-corrected chi connectivity index (χ1v) is 8.33. The minimum absolute atomic E-state index is 0.189. The Morgan fingerprint density at radius 2 is 2.25 bits per heavy atom. The van der Waals surface area contributed by atoms with Crippen LogP contribution in [0.1, 0.15) is 35.7 Å². The lowest BCUT2D eigenvalue weighted by molar-refractivity contribution is 0.0756. The molecule has 0 N–H and O–H groups in total. The Hall–Kier alpha value is -1.00. The maximum absolute atomic E-state index is 12.7. The Morgan fingerprint density at radius 3 is 2.95 bits per heavy atom. The molecule has 110 valence electrons. The monoisotopic (exact) mass is 292 g/mol. The molecule has 3 nitrogen and oxygen atoms in total. The minimum atomic E-state index is 0.189. The zero-order valence-electron chi connectivity index (χ0n) is 12.6. The van der Waals surface area contributed by atoms with E-state index in [0.29, 0.717) is 5.37 Å². The van der Waals surface area contributed by atoms with E-state index in [9.17, 15) is 4.79 Å². The standard InChI is InChI=1S/C16H24N2OS/c1-4-6-15-18(9-10-20-15)16(19)14-8-5-7-13(11-14)12-17(2)3/h5,7-8,11,15H,4,6,9-10,12H2,1-3H3/t15-/m1/s1. The molecule has 1 saturated heterocycles. The number of hydrogen-bond donors (Lipinski definition) is 0. The lowest BCUT2D eigenvalue weighted by Crippen LogP contribution is -2.34. The van der Waals surface area contributed by atoms with Crippen LogP contribution in [0.2, 0.25) is 0 Å². The van der Waals surface area contributed by atoms with Crippen molar-refractivity contribution in [1.29, 1.82) is 0 Å². The van der Waals surface area contributed by atoms with Gasteiger partial charge in [0.25, 0.3) is 5.91 Å². The van der Waals surface area contributed by atoms with Crippen LogP contribution in [0, 0.1) is 0 Å². The third-order valence-corrected chi connectivity index (χ3v) is 4.75. The first kappa shape index (κ1) is 15.4. The second-order valence-electron chi connectivity index (χ2n) is 5.55. The molecule has 20 heavy (non-hydrogen) atoms. The molecule has 1 amide bonds. The van der Waals surface area contributed by atoms with E-state index in [4.69, 9.17) is 0 Å². The summed E-state index contributed by atoms with van der Waals surface area (Å²) in [5, 5.41) is 0.366. The van der Waals surface area contributed by atoms with E-state index in [1.165, 1.54) is 5.56 Å². The van der Waals surface area contributed by atoms with Crippen molar-refractivity contribution in [2.45, 2.75) is 31.7 Å². The third-order valence-electron chi connectivity index (χ3n) is 3.46. The molecule has 4 heteroatoms. The molecule has 0 aliphatic carbocycles. The van der Waals surface area contributed by atoms with Crippen LogP contribution in [0.15, 0.2) is 24.3 Å². The van der Waals surface area contributed by atoms with Crippen LogP contribution in [0.3, 0.4) is 0 Å². The Kier molecular flexibility index (Phi) is 5.49. The summed E-state index contributed by atoms with van der Waals surface area (Å²) in [4.78, 5) is 16.8. The predicted octanol–water partition coefficient (Wildman–Crippen LogP) is 3.06. The summed E-state index contributed by atoms with van der Waals surface area (Å²) >= 11 is 1.91. The molecule has 0 bridgehead atoms. The van der Waals surface area contributed by atoms with Gasteiger partial charge >= 0.3 is 0 Å². The summed E-state index contributed by atoms with van der Waals surface area (Å²) in [5.74, 6) is 1.25. The molecule has 1 heterocycles. The average Bonchev–Trinajstić information content (AvgIpc) is 2.86. The van der Waals surface area contributed by atoms with Crippen molar-refractivity contribution >= 4 is 17.7 Å². The average molecular weight is 292 g/mol. The second kappa shape index (κ2) is 7.14. The van der Waals surface area contributed by atoms with Gasteiger partial charge in [-0.2, -0.15) is 0 Å². The molecule has 0 saturated carbocycles. The van der Waals surface area contributed by atoms with Gasteiger partial charge in [0.1, 0.15) is 0 Å². The van der Waals surface area contributed by atoms with Crippen molar-refractivity contribution < 1.29 is 4.79 Å². The van der Waals surface area contributed by atoms with Gasteiger partial charge < -0.3 is 9.80 Å². The van der Waals surface area contributed by atoms with Gasteiger partial charge in [0.05, 0.1) is 5.37 Å². The Bertz CT molecular complexity index is 462. The summed E-state index contributed by atoms with van der Waals surface area (Å²) in [6, 6.07) is 8.05. The van der Waals surface area contributed by atoms with Crippen molar-refractivity contribution in [3.63, 3.8) is 0 Å². The number of carbonyl (C=O) groups is 1. The van der Waals surface area contributed by atoms with E-state index < -0.39 is 0 Å². The highest BCUT2D eigenvalue weighted by Crippen LogP contribution is 2.28. The lowest BCUT2D eigenvalue weighted by Gasteiger charge is -2.23. The van der Waals surface area contributed by atoms with Gasteiger partial charge in [-0.15, -0.1) is 11.8 Å². The Balaban J connectivity index is 2.12. The molecule has 0 spiro atoms. The summed E-state index contributed by atoms with van der Waals surface area (Å²) in [6.07, 6.45) is 2.22. The maximum atomic E-state index is 12.7. The van der Waals surface area contributed by atoms with Gasteiger partial charge in [0, 0.05) is 24.4 Å². The molecular formula is C16H24N2OS. The van der Waals surface area contributed by atoms with Gasteiger partial charge in [-0.25, -0.2) is 0 Å². The summed E-state index contributed by atoms with van der Waals surface area (Å²) in [5.41, 5.74) is 2.02. The number of benzene rings is 1. The summed E-state index contributed by atoms with van der Waals surface area (Å²) < 4.78 is 0. The van der Waals surface area contributed by atoms with Crippen molar-refractivity contribution in [1.82, 2.24) is 9.80 Å². The van der Waals surface area contributed by atoms with Crippen molar-refractivity contribution in [2.24, 2.45) is 0 Å². The number of nitrogens with zero attached hydrogens (tertiary/aromatic N) is 2. The molecule has 1 aliphatic rings. The van der Waals surface area contributed by atoms with E-state index in [1.807, 2.05) is 49.0 Å². The third kappa shape index (κ3) is 3.76. The van der Waals surface area contributed by atoms with Crippen molar-refractivity contribution in [2.75, 3.05) is 26.4 Å². The highest BCUT2D eigenvalue weighted by atomic mass is 32.2. The molecule has 0 unspecified atom stereocenters. The van der Waals surface area contributed by atoms with Crippen LogP contribution < -0.4 is 0 Å². The number of amides is 1. The SMILES string of the molecule is CCC[C@H]1SCCN1C(=O)c1cccc(CN(C)C)c1. The van der Waals surface area contributed by atoms with E-state index >= 15 is 0 Å². The number of carbonyl (C=O) groups excluding carboxylic acids is 1. The molecular weight excluding hydrogens is 268 g/mol. The first-order chi connectivity index (χ1) is 9.61. The predicted molar refractivity (Wildman–Crippen MR) is 86.0 cm³/mol. The zero-order chi connectivity index (χ0) is 14.5. The number of hydrogen-bond acceptors (Lipinski definition) is 3. The molecule has 1 fully saturated rings. The molecule has 0 radical (unpaired) electrons. The fourth-order valence-electron chi connectivity index (χ4n) is 2.57. The van der Waals surface area contributed by atoms with Crippen molar-refractivity contribution in [3.05, 3.63) is 35.4 Å². The molecule has 1 aliphatic heterocycles. The highest BCUT2D eigenvalue weighted by molar-refractivity contribution is 8.00. The largest absolute Gasteiger partial charge is 0.326 e. The Morgan fingerprint density at radius 1 is 1.45 bits per heavy atom. The van der Waals surface area contributed by atoms with Gasteiger partial charge in [-0.1, -0.05) is 25.5 Å². The summed E-state index contributed by atoms with van der Waals surface area (Å²) in [7, 11) is 4.09. The van der Waals surface area contributed by atoms with Crippen molar-refractivity contribution in [3.8, 4) is 0 Å². The van der Waals surface area contributed by atoms with Crippen LogP contribution in [-0.2, 0) is 6.54 Å². The zero-order valence-corrected chi connectivity index (χ0v) is 13.4. The Labute approximate surface area is 126 Å². The summed E-state index contributed by atoms with van der Waals surface area (Å²) in [6.45, 7) is 3.93. The van der Waals surface area contributed by atoms with Crippen LogP contribution in [0.5, 0.6) is 0 Å². The lowest BCUT2D eigenvalue weighted by atomic mass is 10.1. The topological polar surface area (TPSA) is 23.6 Å². The van der Waals surface area contributed by atoms with Crippen LogP contribution in [-0.4, -0.2) is 47.5 Å². The smallest absolute Gasteiger partial charge is 0.254 e. The fourth-order valence-corrected chi connectivity index (χ4v) is 3.93. The minimum Gasteiger partial charge on any atom is -0.326 e. The quantitative estimate of drug-likeness (QED) is 0.833. The van der Waals surface area contributed by atoms with E-state index in [2.05, 4.69) is 17.9 Å². The molecule has 1 atom stereocenters. The fraction of sp³-hybridized carbons (Fsp3) is 0.562. The van der Waals surface area contributed by atoms with Gasteiger partial charge in [-0.05, 0) is 38.2 Å². The second-order valence-corrected chi connectivity index (χ2v) is 6.84. The maximum Gasteiger partial charge on any atom is 0.254 e. The number of thioether (sulfide) groups is 1. The van der Waals surface area contributed by atoms with E-state index in [1.54, 1.807) is 0 Å². The van der Waals surface area contributed by atoms with Gasteiger partial charge in [0.2, 0.25) is 0 Å². The van der Waals surface area contributed by atoms with E-state index in [-0.39, 0.29) is 5.91 Å². The molecule has 2 rings (SSSR count).